The normalized spacial score (nSPS) is 31.3. The second-order valence-electron chi connectivity index (χ2n) is 12.5. The highest BCUT2D eigenvalue weighted by Gasteiger charge is 2.57. The van der Waals surface area contributed by atoms with Gasteiger partial charge in [0.25, 0.3) is 0 Å². The smallest absolute Gasteiger partial charge is 0.243 e. The zero-order valence-corrected chi connectivity index (χ0v) is 27.9. The van der Waals surface area contributed by atoms with E-state index in [2.05, 4.69) is 21.3 Å². The van der Waals surface area contributed by atoms with E-state index in [9.17, 15) is 19.2 Å². The minimum atomic E-state index is -0.981. The lowest BCUT2D eigenvalue weighted by molar-refractivity contribution is -0.222. The van der Waals surface area contributed by atoms with E-state index in [1.54, 1.807) is 20.8 Å². The second kappa shape index (κ2) is 15.6. The second-order valence-corrected chi connectivity index (χ2v) is 13.5. The van der Waals surface area contributed by atoms with E-state index >= 15 is 0 Å². The molecule has 3 aliphatic heterocycles. The van der Waals surface area contributed by atoms with Gasteiger partial charge in [-0.15, -0.1) is 0 Å². The molecule has 0 spiro atoms. The zero-order valence-electron chi connectivity index (χ0n) is 27.1. The summed E-state index contributed by atoms with van der Waals surface area (Å²) in [4.78, 5) is 54.3. The van der Waals surface area contributed by atoms with Crippen LogP contribution < -0.4 is 21.3 Å². The molecule has 0 saturated carbocycles. The summed E-state index contributed by atoms with van der Waals surface area (Å²) in [5.74, 6) is -2.31. The lowest BCUT2D eigenvalue weighted by atomic mass is 9.98. The number of carbonyl (C=O) groups is 4. The fourth-order valence-electron chi connectivity index (χ4n) is 6.01. The van der Waals surface area contributed by atoms with E-state index < -0.39 is 78.2 Å². The van der Waals surface area contributed by atoms with Crippen molar-refractivity contribution in [3.05, 3.63) is 71.8 Å². The molecule has 8 atom stereocenters. The summed E-state index contributed by atoms with van der Waals surface area (Å²) in [6.45, 7) is 5.34. The molecule has 0 unspecified atom stereocenters. The molecule has 254 valence electrons. The molecule has 4 amide bonds. The average molecular weight is 669 g/mol. The van der Waals surface area contributed by atoms with Crippen LogP contribution in [0, 0.1) is 0 Å². The fourth-order valence-corrected chi connectivity index (χ4v) is 6.48. The summed E-state index contributed by atoms with van der Waals surface area (Å²) in [5.41, 5.74) is 1.76. The van der Waals surface area contributed by atoms with Crippen LogP contribution in [0.15, 0.2) is 60.7 Å². The third-order valence-electron chi connectivity index (χ3n) is 8.37. The van der Waals surface area contributed by atoms with E-state index in [1.807, 2.05) is 66.9 Å². The maximum Gasteiger partial charge on any atom is 0.243 e. The van der Waals surface area contributed by atoms with E-state index in [-0.39, 0.29) is 19.4 Å². The molecular weight excluding hydrogens is 624 g/mol. The third-order valence-corrected chi connectivity index (χ3v) is 9.02. The molecule has 4 N–H and O–H groups in total. The number of benzene rings is 2. The van der Waals surface area contributed by atoms with E-state index in [0.29, 0.717) is 12.2 Å². The highest BCUT2D eigenvalue weighted by molar-refractivity contribution is 7.98. The van der Waals surface area contributed by atoms with Crippen molar-refractivity contribution in [3.8, 4) is 0 Å². The first-order chi connectivity index (χ1) is 22.5. The quantitative estimate of drug-likeness (QED) is 0.314. The molecule has 3 heterocycles. The highest BCUT2D eigenvalue weighted by Crippen LogP contribution is 2.40. The van der Waals surface area contributed by atoms with Crippen molar-refractivity contribution in [2.45, 2.75) is 101 Å². The average Bonchev–Trinajstić information content (AvgIpc) is 3.53. The highest BCUT2D eigenvalue weighted by atomic mass is 32.2. The van der Waals surface area contributed by atoms with Gasteiger partial charge in [0, 0.05) is 12.8 Å². The molecular formula is C34H44N4O8S. The van der Waals surface area contributed by atoms with Crippen molar-refractivity contribution in [3.63, 3.8) is 0 Å². The number of ether oxygens (including phenoxy) is 4. The van der Waals surface area contributed by atoms with Gasteiger partial charge >= 0.3 is 0 Å². The summed E-state index contributed by atoms with van der Waals surface area (Å²) in [7, 11) is 0. The maximum atomic E-state index is 13.8. The topological polar surface area (TPSA) is 153 Å². The Labute approximate surface area is 279 Å². The monoisotopic (exact) mass is 668 g/mol. The van der Waals surface area contributed by atoms with Crippen LogP contribution >= 0.6 is 11.8 Å². The van der Waals surface area contributed by atoms with E-state index in [0.717, 1.165) is 11.1 Å². The Morgan fingerprint density at radius 1 is 0.809 bits per heavy atom. The van der Waals surface area contributed by atoms with E-state index in [1.165, 1.54) is 11.8 Å². The van der Waals surface area contributed by atoms with Crippen LogP contribution in [0.2, 0.25) is 0 Å². The molecule has 5 rings (SSSR count). The van der Waals surface area contributed by atoms with Gasteiger partial charge in [-0.1, -0.05) is 60.7 Å². The summed E-state index contributed by atoms with van der Waals surface area (Å²) >= 11 is 1.53. The standard InChI is InChI=1S/C34H44N4O8S/c1-20-30(40)38-24(27-28(43-19-22-13-9-6-10-14-22)29-33(44-27)46-34(2,3)45-29)18-26(39)36-25(17-21-11-7-5-8-12-21)32(42)37-23(15-16-47-4)31(41)35-20/h5-14,20,23-25,27-29,33H,15-19H2,1-4H3,(H,35,41)(H,36,39)(H,37,42)(H,38,40)/t20-,23-,24-,25-,27+,28-,29+,33+/m0/s1. The molecule has 0 aliphatic carbocycles. The van der Waals surface area contributed by atoms with Crippen LogP contribution in [0.5, 0.6) is 0 Å². The van der Waals surface area contributed by atoms with Gasteiger partial charge in [-0.2, -0.15) is 11.8 Å². The van der Waals surface area contributed by atoms with E-state index in [4.69, 9.17) is 18.9 Å². The molecule has 3 saturated heterocycles. The summed E-state index contributed by atoms with van der Waals surface area (Å²) < 4.78 is 24.9. The number of fused-ring (bicyclic) bond motifs is 1. The molecule has 3 aliphatic rings. The number of thioether (sulfide) groups is 1. The van der Waals surface area contributed by atoms with Gasteiger partial charge in [-0.05, 0) is 50.3 Å². The molecule has 3 fully saturated rings. The van der Waals surface area contributed by atoms with Crippen LogP contribution in [0.3, 0.4) is 0 Å². The first-order valence-corrected chi connectivity index (χ1v) is 17.3. The Bertz CT molecular complexity index is 1400. The Kier molecular flexibility index (Phi) is 11.6. The Hall–Kier alpha value is -3.49. The van der Waals surface area contributed by atoms with Gasteiger partial charge in [0.2, 0.25) is 23.6 Å². The molecule has 0 bridgehead atoms. The molecule has 13 heteroatoms. The molecule has 0 aromatic heterocycles. The SMILES string of the molecule is CSCC[C@@H]1NC(=O)[C@H](Cc2ccccc2)NC(=O)C[C@@H]([C@H]2O[C@@H]3OC(C)(C)O[C@@H]3[C@H]2OCc2ccccc2)NC(=O)[C@H](C)NC1=O. The first kappa shape index (κ1) is 34.8. The van der Waals surface area contributed by atoms with Crippen molar-refractivity contribution >= 4 is 35.4 Å². The van der Waals surface area contributed by atoms with Crippen molar-refractivity contribution in [1.29, 1.82) is 0 Å². The Morgan fingerprint density at radius 2 is 1.47 bits per heavy atom. The fraction of sp³-hybridized carbons (Fsp3) is 0.529. The third kappa shape index (κ3) is 9.11. The molecule has 12 nitrogen and oxygen atoms in total. The number of amides is 4. The number of rotatable bonds is 9. The van der Waals surface area contributed by atoms with Gasteiger partial charge in [-0.3, -0.25) is 19.2 Å². The van der Waals surface area contributed by atoms with Gasteiger partial charge in [0.05, 0.1) is 12.6 Å². The molecule has 2 aromatic carbocycles. The molecule has 0 radical (unpaired) electrons. The van der Waals surface area contributed by atoms with Gasteiger partial charge in [0.1, 0.15) is 36.4 Å². The lowest BCUT2D eigenvalue weighted by Crippen LogP contribution is -2.57. The molecule has 2 aromatic rings. The van der Waals surface area contributed by atoms with Crippen LogP contribution in [-0.2, 0) is 51.2 Å². The zero-order chi connectivity index (χ0) is 33.6. The van der Waals surface area contributed by atoms with Crippen LogP contribution in [0.4, 0.5) is 0 Å². The largest absolute Gasteiger partial charge is 0.368 e. The minimum absolute atomic E-state index is 0.201. The van der Waals surface area contributed by atoms with Gasteiger partial charge in [0.15, 0.2) is 12.1 Å². The number of hydrogen-bond acceptors (Lipinski definition) is 9. The first-order valence-electron chi connectivity index (χ1n) is 15.9. The lowest BCUT2D eigenvalue weighted by Gasteiger charge is -2.32. The number of nitrogens with one attached hydrogen (secondary N) is 4. The van der Waals surface area contributed by atoms with Crippen molar-refractivity contribution in [2.75, 3.05) is 12.0 Å². The summed E-state index contributed by atoms with van der Waals surface area (Å²) in [5, 5.41) is 11.4. The maximum absolute atomic E-state index is 13.8. The predicted octanol–water partition coefficient (Wildman–Crippen LogP) is 1.81. The predicted molar refractivity (Wildman–Crippen MR) is 175 cm³/mol. The van der Waals surface area contributed by atoms with Crippen molar-refractivity contribution < 1.29 is 38.1 Å². The molecule has 47 heavy (non-hydrogen) atoms. The van der Waals surface area contributed by atoms with Crippen LogP contribution in [0.25, 0.3) is 0 Å². The van der Waals surface area contributed by atoms with Crippen LogP contribution in [0.1, 0.15) is 44.7 Å². The van der Waals surface area contributed by atoms with Gasteiger partial charge in [-0.25, -0.2) is 0 Å². The number of carbonyl (C=O) groups excluding carboxylic acids is 4. The number of hydrogen-bond donors (Lipinski definition) is 4. The van der Waals surface area contributed by atoms with Crippen LogP contribution in [-0.4, -0.2) is 90.2 Å². The Balaban J connectivity index is 1.43. The van der Waals surface area contributed by atoms with Crippen molar-refractivity contribution in [2.24, 2.45) is 0 Å². The summed E-state index contributed by atoms with van der Waals surface area (Å²) in [6, 6.07) is 15.1. The Morgan fingerprint density at radius 3 is 2.15 bits per heavy atom. The summed E-state index contributed by atoms with van der Waals surface area (Å²) in [6.07, 6.45) is -0.798. The van der Waals surface area contributed by atoms with Crippen molar-refractivity contribution in [1.82, 2.24) is 21.3 Å². The van der Waals surface area contributed by atoms with Gasteiger partial charge < -0.3 is 40.2 Å². The minimum Gasteiger partial charge on any atom is -0.368 e.